The topological polar surface area (TPSA) is 269 Å². The lowest BCUT2D eigenvalue weighted by molar-refractivity contribution is -0.140. The summed E-state index contributed by atoms with van der Waals surface area (Å²) in [6, 6.07) is 15.9. The highest BCUT2D eigenvalue weighted by atomic mass is 32.2. The van der Waals surface area contributed by atoms with E-state index < -0.39 is 44.6 Å². The number of allylic oxidation sites excluding steroid dienone is 8. The Hall–Kier alpha value is -6.68. The normalized spacial score (nSPS) is 15.7. The van der Waals surface area contributed by atoms with Gasteiger partial charge in [-0.25, -0.2) is 13.6 Å². The number of nitrogens with one attached hydrogen (secondary N) is 4. The minimum absolute atomic E-state index is 0.0337. The predicted octanol–water partition coefficient (Wildman–Crippen LogP) is 7.33. The summed E-state index contributed by atoms with van der Waals surface area (Å²) in [5, 5.41) is 41.1. The third-order valence-electron chi connectivity index (χ3n) is 13.2. The maximum absolute atomic E-state index is 12.9. The number of aliphatic imine (C=N–C) groups is 1. The molecule has 3 amide bonds. The Bertz CT molecular complexity index is 2870. The lowest BCUT2D eigenvalue weighted by Gasteiger charge is -2.27. The Balaban J connectivity index is 0.801. The molecule has 2 aromatic carbocycles. The van der Waals surface area contributed by atoms with E-state index in [9.17, 15) is 32.7 Å². The summed E-state index contributed by atoms with van der Waals surface area (Å²) in [6.07, 6.45) is 24.1. The second-order valence-corrected chi connectivity index (χ2v) is 22.5. The van der Waals surface area contributed by atoms with Crippen molar-refractivity contribution in [3.8, 4) is 0 Å². The van der Waals surface area contributed by atoms with Gasteiger partial charge in [0.1, 0.15) is 6.04 Å². The summed E-state index contributed by atoms with van der Waals surface area (Å²) >= 11 is 0.664. The van der Waals surface area contributed by atoms with Crippen LogP contribution in [0.3, 0.4) is 0 Å². The number of nitrogens with zero attached hydrogens (tertiary/aromatic N) is 7. The maximum Gasteiger partial charge on any atom is 0.305 e. The fourth-order valence-electron chi connectivity index (χ4n) is 9.09. The van der Waals surface area contributed by atoms with Gasteiger partial charge in [-0.3, -0.25) is 28.9 Å². The number of carbonyl (C=O) groups excluding carboxylic acids is 3. The minimum atomic E-state index is -4.00. The molecule has 4 heterocycles. The summed E-state index contributed by atoms with van der Waals surface area (Å²) in [5.41, 5.74) is 7.74. The quantitative estimate of drug-likeness (QED) is 0.0164. The number of nitrogens with two attached hydrogens (primary N) is 1. The number of aromatic nitrogens is 5. The zero-order chi connectivity index (χ0) is 53.9. The molecule has 1 atom stereocenters. The summed E-state index contributed by atoms with van der Waals surface area (Å²) in [6.45, 7) is 12.6. The van der Waals surface area contributed by atoms with Gasteiger partial charge in [0.25, 0.3) is 10.0 Å². The highest BCUT2D eigenvalue weighted by Crippen LogP contribution is 2.47. The van der Waals surface area contributed by atoms with Gasteiger partial charge < -0.3 is 31.3 Å². The number of aliphatic carboxylic acids is 1. The molecule has 0 saturated heterocycles. The number of para-hydroxylation sites is 2. The third kappa shape index (κ3) is 17.2. The number of fused-ring (bicyclic) bond motifs is 2. The molecule has 402 valence electrons. The largest absolute Gasteiger partial charge is 0.481 e. The van der Waals surface area contributed by atoms with Crippen LogP contribution in [0.1, 0.15) is 122 Å². The van der Waals surface area contributed by atoms with Crippen LogP contribution >= 0.6 is 11.3 Å². The lowest BCUT2D eigenvalue weighted by atomic mass is 9.81. The van der Waals surface area contributed by atoms with Crippen LogP contribution in [0.5, 0.6) is 0 Å². The number of carbonyl (C=O) groups is 4. The molecule has 0 unspecified atom stereocenters. The van der Waals surface area contributed by atoms with Gasteiger partial charge >= 0.3 is 5.97 Å². The molecule has 2 aliphatic rings. The Morgan fingerprint density at radius 3 is 2.20 bits per heavy atom. The van der Waals surface area contributed by atoms with Crippen molar-refractivity contribution in [3.05, 3.63) is 120 Å². The van der Waals surface area contributed by atoms with E-state index in [1.165, 1.54) is 22.5 Å². The number of hydrogen-bond acceptors (Lipinski definition) is 14. The number of aryl methyl sites for hydroxylation is 2. The second-order valence-electron chi connectivity index (χ2n) is 19.7. The molecule has 2 aliphatic heterocycles. The van der Waals surface area contributed by atoms with E-state index in [4.69, 9.17) is 10.1 Å². The average Bonchev–Trinajstić information content (AvgIpc) is 4.14. The number of carboxylic acid groups (broad SMARTS) is 1. The Morgan fingerprint density at radius 1 is 0.760 bits per heavy atom. The SMILES string of the molecule is CC1(C)C(/C=C/C=C/C=C/C=C2/N(CCCCCCNCCCCNC(=O)[C@H](CC(=O)O)NC(=O)CCCCn3cc(CCCC(=O)Nc4nnc(S(N)(=O)=O)s4)nn3)c3ccccc3C2(C)C)=Nc2ccccc21. The van der Waals surface area contributed by atoms with Crippen LogP contribution in [0.2, 0.25) is 0 Å². The molecule has 0 aliphatic carbocycles. The molecule has 19 nitrogen and oxygen atoms in total. The van der Waals surface area contributed by atoms with Crippen molar-refractivity contribution in [2.45, 2.75) is 139 Å². The number of carboxylic acids is 1. The van der Waals surface area contributed by atoms with E-state index in [-0.39, 0.29) is 34.7 Å². The van der Waals surface area contributed by atoms with Crippen molar-refractivity contribution in [1.82, 2.24) is 41.1 Å². The maximum atomic E-state index is 12.9. The van der Waals surface area contributed by atoms with Gasteiger partial charge in [-0.05, 0) is 99.9 Å². The number of rotatable bonds is 31. The number of primary sulfonamides is 1. The van der Waals surface area contributed by atoms with Gasteiger partial charge in [-0.1, -0.05) is 124 Å². The Kier molecular flexibility index (Phi) is 21.3. The lowest BCUT2D eigenvalue weighted by Crippen LogP contribution is -2.48. The average molecular weight is 1070 g/mol. The molecule has 6 rings (SSSR count). The number of unbranched alkanes of at least 4 members (excludes halogenated alkanes) is 5. The van der Waals surface area contributed by atoms with Gasteiger partial charge in [-0.2, -0.15) is 0 Å². The minimum Gasteiger partial charge on any atom is -0.481 e. The third-order valence-corrected chi connectivity index (χ3v) is 15.3. The van der Waals surface area contributed by atoms with Gasteiger partial charge in [-0.15, -0.1) is 15.3 Å². The summed E-state index contributed by atoms with van der Waals surface area (Å²) in [7, 11) is -4.00. The predicted molar refractivity (Wildman–Crippen MR) is 293 cm³/mol. The molecule has 0 fully saturated rings. The van der Waals surface area contributed by atoms with E-state index in [1.807, 2.05) is 6.07 Å². The van der Waals surface area contributed by atoms with Crippen molar-refractivity contribution in [3.63, 3.8) is 0 Å². The molecule has 2 aromatic heterocycles. The molecular formula is C54H72N12O7S2. The smallest absolute Gasteiger partial charge is 0.305 e. The van der Waals surface area contributed by atoms with E-state index >= 15 is 0 Å². The van der Waals surface area contributed by atoms with Gasteiger partial charge in [0, 0.05) is 60.9 Å². The van der Waals surface area contributed by atoms with E-state index in [0.717, 1.165) is 63.1 Å². The molecule has 0 radical (unpaired) electrons. The second kappa shape index (κ2) is 27.7. The molecule has 4 aromatic rings. The Labute approximate surface area is 444 Å². The number of anilines is 2. The molecule has 0 saturated carbocycles. The fourth-order valence-corrected chi connectivity index (χ4v) is 10.4. The van der Waals surface area contributed by atoms with Crippen LogP contribution in [0.15, 0.2) is 112 Å². The summed E-state index contributed by atoms with van der Waals surface area (Å²) < 4.78 is 23.9. The van der Waals surface area contributed by atoms with Crippen LogP contribution in [0.4, 0.5) is 16.5 Å². The van der Waals surface area contributed by atoms with Gasteiger partial charge in [0.2, 0.25) is 27.2 Å². The number of hydrogen-bond donors (Lipinski definition) is 6. The van der Waals surface area contributed by atoms with Crippen LogP contribution in [-0.4, -0.2) is 100 Å². The van der Waals surface area contributed by atoms with Crippen molar-refractivity contribution in [2.75, 3.05) is 36.4 Å². The first-order valence-electron chi connectivity index (χ1n) is 25.8. The summed E-state index contributed by atoms with van der Waals surface area (Å²) in [4.78, 5) is 56.7. The highest BCUT2D eigenvalue weighted by molar-refractivity contribution is 7.91. The van der Waals surface area contributed by atoms with E-state index in [0.29, 0.717) is 62.2 Å². The Morgan fingerprint density at radius 2 is 1.44 bits per heavy atom. The number of benzene rings is 2. The first kappa shape index (κ1) is 57.6. The zero-order valence-corrected chi connectivity index (χ0v) is 45.1. The van der Waals surface area contributed by atoms with Crippen molar-refractivity contribution in [2.24, 2.45) is 10.1 Å². The van der Waals surface area contributed by atoms with Crippen molar-refractivity contribution in [1.29, 1.82) is 0 Å². The van der Waals surface area contributed by atoms with E-state index in [2.05, 4.69) is 159 Å². The monoisotopic (exact) mass is 1060 g/mol. The van der Waals surface area contributed by atoms with Crippen LogP contribution in [0.25, 0.3) is 0 Å². The molecule has 7 N–H and O–H groups in total. The molecule has 0 spiro atoms. The first-order valence-corrected chi connectivity index (χ1v) is 28.1. The van der Waals surface area contributed by atoms with Crippen LogP contribution in [0, 0.1) is 0 Å². The zero-order valence-electron chi connectivity index (χ0n) is 43.5. The standard InChI is InChI=1S/C54H72N12O7S2/c1-53(2)40-24-12-14-26-42(40)58-45(53)28-10-6-5-7-11-29-46-54(3,4)41-25-13-15-27-44(41)66(46)36-20-9-8-17-32-56-33-18-19-34-57-50(71)43(37-49(69)70)59-47(67)30-16-21-35-65-38-39(61-64-65)23-22-31-48(68)60-51-62-63-52(74-51)75(55,72)73/h5-7,10-15,24-29,38,43,56H,8-9,16-23,30-37H2,1-4H3,(H,57,71)(H,59,67)(H,69,70)(H2,55,72,73)(H,60,62,68)/b6-5+,11-7+,28-10+,46-29+/t43-/m0/s1. The van der Waals surface area contributed by atoms with Crippen LogP contribution in [-0.2, 0) is 53.0 Å². The van der Waals surface area contributed by atoms with Crippen molar-refractivity contribution < 1.29 is 32.7 Å². The molecule has 21 heteroatoms. The number of sulfonamides is 1. The van der Waals surface area contributed by atoms with Gasteiger partial charge in [0.05, 0.1) is 23.5 Å². The van der Waals surface area contributed by atoms with E-state index in [1.54, 1.807) is 10.9 Å². The number of amides is 3. The fraction of sp³-hybridized carbons (Fsp3) is 0.463. The highest BCUT2D eigenvalue weighted by Gasteiger charge is 2.39. The molecule has 75 heavy (non-hydrogen) atoms. The van der Waals surface area contributed by atoms with Crippen LogP contribution < -0.4 is 31.3 Å². The molecule has 0 bridgehead atoms. The summed E-state index contributed by atoms with van der Waals surface area (Å²) in [5.74, 6) is -2.49. The molecular weight excluding hydrogens is 993 g/mol. The van der Waals surface area contributed by atoms with Crippen molar-refractivity contribution >= 4 is 67.3 Å². The first-order chi connectivity index (χ1) is 35.9. The van der Waals surface area contributed by atoms with Gasteiger partial charge in [0.15, 0.2) is 0 Å².